The zero-order chi connectivity index (χ0) is 12.3. The molecule has 1 aromatic carbocycles. The van der Waals surface area contributed by atoms with Gasteiger partial charge < -0.3 is 5.32 Å². The molecule has 1 fully saturated rings. The van der Waals surface area contributed by atoms with Gasteiger partial charge in [-0.15, -0.1) is 0 Å². The SMILES string of the molecule is O=S(=O)(CC1CCCCN1)c1ccccc1Br. The van der Waals surface area contributed by atoms with Gasteiger partial charge in [-0.25, -0.2) is 8.42 Å². The molecule has 1 unspecified atom stereocenters. The van der Waals surface area contributed by atoms with Crippen LogP contribution >= 0.6 is 15.9 Å². The first-order chi connectivity index (χ1) is 8.09. The van der Waals surface area contributed by atoms with Crippen molar-refractivity contribution in [3.8, 4) is 0 Å². The summed E-state index contributed by atoms with van der Waals surface area (Å²) in [5, 5.41) is 3.27. The molecular weight excluding hydrogens is 302 g/mol. The molecule has 3 nitrogen and oxygen atoms in total. The van der Waals surface area contributed by atoms with Crippen LogP contribution in [0.2, 0.25) is 0 Å². The fraction of sp³-hybridized carbons (Fsp3) is 0.500. The third-order valence-electron chi connectivity index (χ3n) is 3.00. The monoisotopic (exact) mass is 317 g/mol. The fourth-order valence-electron chi connectivity index (χ4n) is 2.12. The van der Waals surface area contributed by atoms with E-state index in [0.29, 0.717) is 9.37 Å². The van der Waals surface area contributed by atoms with Gasteiger partial charge in [0.2, 0.25) is 0 Å². The van der Waals surface area contributed by atoms with E-state index in [-0.39, 0.29) is 11.8 Å². The van der Waals surface area contributed by atoms with E-state index < -0.39 is 9.84 Å². The zero-order valence-electron chi connectivity index (χ0n) is 9.52. The lowest BCUT2D eigenvalue weighted by molar-refractivity contribution is 0.423. The van der Waals surface area contributed by atoms with Crippen molar-refractivity contribution in [1.29, 1.82) is 0 Å². The molecule has 0 aromatic heterocycles. The van der Waals surface area contributed by atoms with Crippen molar-refractivity contribution in [3.63, 3.8) is 0 Å². The summed E-state index contributed by atoms with van der Waals surface area (Å²) in [5.41, 5.74) is 0. The first-order valence-electron chi connectivity index (χ1n) is 5.80. The Hall–Kier alpha value is -0.390. The molecule has 1 heterocycles. The van der Waals surface area contributed by atoms with Gasteiger partial charge in [-0.2, -0.15) is 0 Å². The second kappa shape index (κ2) is 5.50. The third-order valence-corrected chi connectivity index (χ3v) is 5.83. The summed E-state index contributed by atoms with van der Waals surface area (Å²) in [6.45, 7) is 0.927. The van der Waals surface area contributed by atoms with Gasteiger partial charge in [0.25, 0.3) is 0 Å². The Balaban J connectivity index is 2.16. The summed E-state index contributed by atoms with van der Waals surface area (Å²) in [6.07, 6.45) is 3.21. The number of piperidine rings is 1. The van der Waals surface area contributed by atoms with Gasteiger partial charge in [-0.05, 0) is 47.4 Å². The Kier molecular flexibility index (Phi) is 4.22. The molecule has 5 heteroatoms. The molecule has 1 atom stereocenters. The lowest BCUT2D eigenvalue weighted by atomic mass is 10.1. The number of nitrogens with one attached hydrogen (secondary N) is 1. The minimum absolute atomic E-state index is 0.0980. The van der Waals surface area contributed by atoms with Gasteiger partial charge in [0.05, 0.1) is 10.6 Å². The highest BCUT2D eigenvalue weighted by Crippen LogP contribution is 2.23. The maximum atomic E-state index is 12.3. The van der Waals surface area contributed by atoms with E-state index in [1.165, 1.54) is 0 Å². The van der Waals surface area contributed by atoms with E-state index in [2.05, 4.69) is 21.2 Å². The summed E-state index contributed by atoms with van der Waals surface area (Å²) >= 11 is 3.30. The highest BCUT2D eigenvalue weighted by atomic mass is 79.9. The van der Waals surface area contributed by atoms with Crippen molar-refractivity contribution in [2.45, 2.75) is 30.2 Å². The molecule has 1 aromatic rings. The molecule has 1 saturated heterocycles. The maximum Gasteiger partial charge on any atom is 0.181 e. The molecule has 1 N–H and O–H groups in total. The number of benzene rings is 1. The normalized spacial score (nSPS) is 21.4. The van der Waals surface area contributed by atoms with Gasteiger partial charge in [-0.1, -0.05) is 18.6 Å². The van der Waals surface area contributed by atoms with Crippen molar-refractivity contribution in [2.75, 3.05) is 12.3 Å². The van der Waals surface area contributed by atoms with Crippen molar-refractivity contribution < 1.29 is 8.42 Å². The van der Waals surface area contributed by atoms with Crippen molar-refractivity contribution >= 4 is 25.8 Å². The Labute approximate surface area is 111 Å². The number of hydrogen-bond donors (Lipinski definition) is 1. The summed E-state index contributed by atoms with van der Waals surface area (Å²) < 4.78 is 25.2. The fourth-order valence-corrected chi connectivity index (χ4v) is 4.79. The van der Waals surface area contributed by atoms with Gasteiger partial charge in [-0.3, -0.25) is 0 Å². The molecule has 0 spiro atoms. The van der Waals surface area contributed by atoms with Crippen LogP contribution in [0.25, 0.3) is 0 Å². The first kappa shape index (κ1) is 13.1. The van der Waals surface area contributed by atoms with Crippen molar-refractivity contribution in [2.24, 2.45) is 0 Å². The second-order valence-corrected chi connectivity index (χ2v) is 7.22. The standard InChI is InChI=1S/C12H16BrNO2S/c13-11-6-1-2-7-12(11)17(15,16)9-10-5-3-4-8-14-10/h1-2,6-7,10,14H,3-5,8-9H2. The topological polar surface area (TPSA) is 46.2 Å². The van der Waals surface area contributed by atoms with E-state index in [4.69, 9.17) is 0 Å². The van der Waals surface area contributed by atoms with Gasteiger partial charge in [0.15, 0.2) is 9.84 Å². The van der Waals surface area contributed by atoms with Crippen LogP contribution < -0.4 is 5.32 Å². The number of halogens is 1. The van der Waals surface area contributed by atoms with E-state index in [0.717, 1.165) is 25.8 Å². The molecule has 2 rings (SSSR count). The predicted molar refractivity (Wildman–Crippen MR) is 71.8 cm³/mol. The maximum absolute atomic E-state index is 12.3. The summed E-state index contributed by atoms with van der Waals surface area (Å²) in [4.78, 5) is 0.396. The Morgan fingerprint density at radius 1 is 1.29 bits per heavy atom. The van der Waals surface area contributed by atoms with Gasteiger partial charge in [0, 0.05) is 10.5 Å². The summed E-state index contributed by atoms with van der Waals surface area (Å²) in [7, 11) is -3.20. The second-order valence-electron chi connectivity index (χ2n) is 4.36. The van der Waals surface area contributed by atoms with E-state index in [9.17, 15) is 8.42 Å². The zero-order valence-corrected chi connectivity index (χ0v) is 11.9. The van der Waals surface area contributed by atoms with Gasteiger partial charge in [0.1, 0.15) is 0 Å². The average molecular weight is 318 g/mol. The minimum Gasteiger partial charge on any atom is -0.313 e. The molecule has 0 radical (unpaired) electrons. The van der Waals surface area contributed by atoms with Crippen LogP contribution in [-0.4, -0.2) is 26.8 Å². The molecule has 0 saturated carbocycles. The van der Waals surface area contributed by atoms with E-state index in [1.807, 2.05) is 6.07 Å². The quantitative estimate of drug-likeness (QED) is 0.931. The Morgan fingerprint density at radius 3 is 2.71 bits per heavy atom. The van der Waals surface area contributed by atoms with Crippen LogP contribution in [0.1, 0.15) is 19.3 Å². The molecule has 1 aliphatic heterocycles. The lowest BCUT2D eigenvalue weighted by Gasteiger charge is -2.23. The minimum atomic E-state index is -3.20. The molecule has 94 valence electrons. The predicted octanol–water partition coefficient (Wildman–Crippen LogP) is 2.36. The van der Waals surface area contributed by atoms with E-state index >= 15 is 0 Å². The molecule has 0 bridgehead atoms. The smallest absolute Gasteiger partial charge is 0.181 e. The summed E-state index contributed by atoms with van der Waals surface area (Å²) in [6, 6.07) is 7.10. The third kappa shape index (κ3) is 3.30. The molecule has 0 amide bonds. The highest BCUT2D eigenvalue weighted by molar-refractivity contribution is 9.10. The van der Waals surface area contributed by atoms with Crippen LogP contribution in [0.5, 0.6) is 0 Å². The number of sulfone groups is 1. The van der Waals surface area contributed by atoms with Crippen molar-refractivity contribution in [1.82, 2.24) is 5.32 Å². The Morgan fingerprint density at radius 2 is 2.06 bits per heavy atom. The number of hydrogen-bond acceptors (Lipinski definition) is 3. The summed E-state index contributed by atoms with van der Waals surface area (Å²) in [5.74, 6) is 0.190. The van der Waals surface area contributed by atoms with E-state index in [1.54, 1.807) is 18.2 Å². The van der Waals surface area contributed by atoms with Gasteiger partial charge >= 0.3 is 0 Å². The van der Waals surface area contributed by atoms with Crippen LogP contribution in [0.3, 0.4) is 0 Å². The first-order valence-corrected chi connectivity index (χ1v) is 8.25. The van der Waals surface area contributed by atoms with Crippen LogP contribution in [0.4, 0.5) is 0 Å². The largest absolute Gasteiger partial charge is 0.313 e. The van der Waals surface area contributed by atoms with Crippen LogP contribution in [0, 0.1) is 0 Å². The van der Waals surface area contributed by atoms with Crippen molar-refractivity contribution in [3.05, 3.63) is 28.7 Å². The number of rotatable bonds is 3. The lowest BCUT2D eigenvalue weighted by Crippen LogP contribution is -2.39. The molecular formula is C12H16BrNO2S. The Bertz CT molecular complexity index is 481. The molecule has 1 aliphatic rings. The molecule has 0 aliphatic carbocycles. The van der Waals surface area contributed by atoms with Crippen LogP contribution in [-0.2, 0) is 9.84 Å². The average Bonchev–Trinajstić information content (AvgIpc) is 2.30. The molecule has 17 heavy (non-hydrogen) atoms. The highest BCUT2D eigenvalue weighted by Gasteiger charge is 2.23. The van der Waals surface area contributed by atoms with Crippen LogP contribution in [0.15, 0.2) is 33.6 Å².